The van der Waals surface area contributed by atoms with E-state index in [0.717, 1.165) is 10.6 Å². The summed E-state index contributed by atoms with van der Waals surface area (Å²) in [5, 5.41) is 5.06. The van der Waals surface area contributed by atoms with Crippen molar-refractivity contribution >= 4 is 46.1 Å². The molecule has 3 rings (SSSR count). The highest BCUT2D eigenvalue weighted by atomic mass is 35.5. The minimum Gasteiger partial charge on any atom is -0.496 e. The van der Waals surface area contributed by atoms with Crippen LogP contribution in [0.4, 0.5) is 0 Å². The molecule has 6 nitrogen and oxygen atoms in total. The molecule has 0 radical (unpaired) electrons. The normalized spacial score (nSPS) is 10.4. The highest BCUT2D eigenvalue weighted by molar-refractivity contribution is 7.17. The number of aryl methyl sites for hydroxylation is 1. The zero-order valence-corrected chi connectivity index (χ0v) is 16.2. The van der Waals surface area contributed by atoms with Crippen LogP contribution in [0.25, 0.3) is 10.6 Å². The second-order valence-electron chi connectivity index (χ2n) is 5.20. The van der Waals surface area contributed by atoms with Gasteiger partial charge in [-0.05, 0) is 36.6 Å². The van der Waals surface area contributed by atoms with Crippen LogP contribution in [0.1, 0.15) is 25.7 Å². The summed E-state index contributed by atoms with van der Waals surface area (Å²) >= 11 is 8.75. The fourth-order valence-corrected chi connectivity index (χ4v) is 4.06. The van der Waals surface area contributed by atoms with E-state index in [0.29, 0.717) is 21.3 Å². The van der Waals surface area contributed by atoms with E-state index in [1.165, 1.54) is 24.5 Å². The molecule has 0 atom stereocenters. The van der Waals surface area contributed by atoms with Crippen LogP contribution in [0.5, 0.6) is 5.75 Å². The van der Waals surface area contributed by atoms with Crippen LogP contribution < -0.4 is 15.6 Å². The number of benzene rings is 1. The average Bonchev–Trinajstić information content (AvgIpc) is 3.28. The number of methoxy groups -OCH3 is 1. The SMILES string of the molecule is COc1ccc(Cl)cc1C(=O)NNC(=O)c1sc(-c2ccsc2)nc1C. The highest BCUT2D eigenvalue weighted by Gasteiger charge is 2.18. The monoisotopic (exact) mass is 407 g/mol. The summed E-state index contributed by atoms with van der Waals surface area (Å²) in [6.45, 7) is 1.75. The molecule has 0 aliphatic heterocycles. The van der Waals surface area contributed by atoms with Gasteiger partial charge in [0.2, 0.25) is 0 Å². The Morgan fingerprint density at radius 1 is 1.19 bits per heavy atom. The number of hydrogen-bond acceptors (Lipinski definition) is 6. The summed E-state index contributed by atoms with van der Waals surface area (Å²) in [6, 6.07) is 6.61. The number of ether oxygens (including phenoxy) is 1. The fourth-order valence-electron chi connectivity index (χ4n) is 2.21. The lowest BCUT2D eigenvalue weighted by Gasteiger charge is -2.10. The molecule has 0 fully saturated rings. The molecule has 0 unspecified atom stereocenters. The second-order valence-corrected chi connectivity index (χ2v) is 7.41. The first kappa shape index (κ1) is 18.4. The van der Waals surface area contributed by atoms with Gasteiger partial charge in [0, 0.05) is 16.0 Å². The summed E-state index contributed by atoms with van der Waals surface area (Å²) in [6.07, 6.45) is 0. The van der Waals surface area contributed by atoms with Crippen LogP contribution in [0.2, 0.25) is 5.02 Å². The Hall–Kier alpha value is -2.42. The zero-order valence-electron chi connectivity index (χ0n) is 13.8. The third-order valence-corrected chi connectivity index (χ3v) is 5.59. The smallest absolute Gasteiger partial charge is 0.281 e. The van der Waals surface area contributed by atoms with Gasteiger partial charge in [0.05, 0.1) is 18.4 Å². The number of thiazole rings is 1. The van der Waals surface area contributed by atoms with Crippen LogP contribution in [-0.2, 0) is 0 Å². The maximum Gasteiger partial charge on any atom is 0.281 e. The number of hydrogen-bond donors (Lipinski definition) is 2. The minimum atomic E-state index is -0.530. The molecule has 2 N–H and O–H groups in total. The molecule has 26 heavy (non-hydrogen) atoms. The summed E-state index contributed by atoms with van der Waals surface area (Å²) < 4.78 is 5.14. The van der Waals surface area contributed by atoms with E-state index in [9.17, 15) is 9.59 Å². The minimum absolute atomic E-state index is 0.222. The molecule has 1 aromatic carbocycles. The number of aromatic nitrogens is 1. The predicted molar refractivity (Wildman–Crippen MR) is 103 cm³/mol. The lowest BCUT2D eigenvalue weighted by Crippen LogP contribution is -2.41. The van der Waals surface area contributed by atoms with E-state index >= 15 is 0 Å². The van der Waals surface area contributed by atoms with Gasteiger partial charge in [-0.25, -0.2) is 4.98 Å². The van der Waals surface area contributed by atoms with Crippen molar-refractivity contribution < 1.29 is 14.3 Å². The Balaban J connectivity index is 1.71. The number of carbonyl (C=O) groups is 2. The number of nitrogens with zero attached hydrogens (tertiary/aromatic N) is 1. The van der Waals surface area contributed by atoms with Crippen LogP contribution in [0.3, 0.4) is 0 Å². The molecule has 0 aliphatic rings. The summed E-state index contributed by atoms with van der Waals surface area (Å²) in [7, 11) is 1.45. The van der Waals surface area contributed by atoms with Gasteiger partial charge in [-0.15, -0.1) is 11.3 Å². The third-order valence-electron chi connectivity index (χ3n) is 3.47. The summed E-state index contributed by atoms with van der Waals surface area (Å²) in [4.78, 5) is 29.6. The maximum absolute atomic E-state index is 12.4. The Bertz CT molecular complexity index is 954. The van der Waals surface area contributed by atoms with Crippen molar-refractivity contribution in [2.24, 2.45) is 0 Å². The molecular weight excluding hydrogens is 394 g/mol. The summed E-state index contributed by atoms with van der Waals surface area (Å²) in [5.74, 6) is -0.608. The summed E-state index contributed by atoms with van der Waals surface area (Å²) in [5.41, 5.74) is 6.57. The van der Waals surface area contributed by atoms with Gasteiger partial charge in [-0.3, -0.25) is 20.4 Å². The van der Waals surface area contributed by atoms with Crippen LogP contribution >= 0.6 is 34.3 Å². The van der Waals surface area contributed by atoms with Crippen molar-refractivity contribution in [2.45, 2.75) is 6.92 Å². The van der Waals surface area contributed by atoms with Gasteiger partial charge in [0.15, 0.2) is 0 Å². The Labute approximate surface area is 162 Å². The van der Waals surface area contributed by atoms with Crippen molar-refractivity contribution in [3.63, 3.8) is 0 Å². The van der Waals surface area contributed by atoms with Crippen molar-refractivity contribution in [2.75, 3.05) is 7.11 Å². The fraction of sp³-hybridized carbons (Fsp3) is 0.118. The van der Waals surface area contributed by atoms with Crippen molar-refractivity contribution in [1.82, 2.24) is 15.8 Å². The first-order chi connectivity index (χ1) is 12.5. The molecule has 2 amide bonds. The molecule has 2 aromatic heterocycles. The van der Waals surface area contributed by atoms with Crippen molar-refractivity contribution in [1.29, 1.82) is 0 Å². The van der Waals surface area contributed by atoms with Gasteiger partial charge < -0.3 is 4.74 Å². The Morgan fingerprint density at radius 3 is 2.65 bits per heavy atom. The second kappa shape index (κ2) is 7.86. The molecule has 0 saturated heterocycles. The van der Waals surface area contributed by atoms with E-state index in [-0.39, 0.29) is 5.56 Å². The Morgan fingerprint density at radius 2 is 1.96 bits per heavy atom. The molecule has 3 aromatic rings. The van der Waals surface area contributed by atoms with Gasteiger partial charge >= 0.3 is 0 Å². The van der Waals surface area contributed by atoms with Gasteiger partial charge in [-0.2, -0.15) is 11.3 Å². The molecule has 9 heteroatoms. The van der Waals surface area contributed by atoms with Crippen molar-refractivity contribution in [3.8, 4) is 16.3 Å². The molecular formula is C17H14ClN3O3S2. The van der Waals surface area contributed by atoms with Gasteiger partial charge in [0.1, 0.15) is 15.6 Å². The number of hydrazine groups is 1. The van der Waals surface area contributed by atoms with E-state index in [1.807, 2.05) is 16.8 Å². The van der Waals surface area contributed by atoms with Gasteiger partial charge in [0.25, 0.3) is 11.8 Å². The quantitative estimate of drug-likeness (QED) is 0.642. The molecule has 134 valence electrons. The number of amides is 2. The number of thiophene rings is 1. The first-order valence-electron chi connectivity index (χ1n) is 7.44. The number of rotatable bonds is 4. The van der Waals surface area contributed by atoms with Crippen LogP contribution in [0.15, 0.2) is 35.0 Å². The van der Waals surface area contributed by atoms with E-state index in [1.54, 1.807) is 30.4 Å². The molecule has 0 aliphatic carbocycles. The van der Waals surface area contributed by atoms with E-state index in [4.69, 9.17) is 16.3 Å². The third kappa shape index (κ3) is 3.87. The van der Waals surface area contributed by atoms with Crippen LogP contribution in [0, 0.1) is 6.92 Å². The van der Waals surface area contributed by atoms with E-state index < -0.39 is 11.8 Å². The van der Waals surface area contributed by atoms with Crippen molar-refractivity contribution in [3.05, 3.63) is 56.2 Å². The zero-order chi connectivity index (χ0) is 18.7. The van der Waals surface area contributed by atoms with Gasteiger partial charge in [-0.1, -0.05) is 11.6 Å². The number of nitrogens with one attached hydrogen (secondary N) is 2. The molecule has 2 heterocycles. The predicted octanol–water partition coefficient (Wildman–Crippen LogP) is 3.92. The molecule has 0 bridgehead atoms. The lowest BCUT2D eigenvalue weighted by molar-refractivity contribution is 0.0846. The number of halogens is 1. The average molecular weight is 408 g/mol. The molecule has 0 spiro atoms. The topological polar surface area (TPSA) is 80.3 Å². The highest BCUT2D eigenvalue weighted by Crippen LogP contribution is 2.29. The lowest BCUT2D eigenvalue weighted by atomic mass is 10.2. The molecule has 0 saturated carbocycles. The largest absolute Gasteiger partial charge is 0.496 e. The Kier molecular flexibility index (Phi) is 5.55. The number of carbonyl (C=O) groups excluding carboxylic acids is 2. The van der Waals surface area contributed by atoms with E-state index in [2.05, 4.69) is 15.8 Å². The first-order valence-corrected chi connectivity index (χ1v) is 9.57. The van der Waals surface area contributed by atoms with Crippen LogP contribution in [-0.4, -0.2) is 23.9 Å². The standard InChI is InChI=1S/C17H14ClN3O3S2/c1-9-14(26-17(19-9)10-5-6-25-8-10)16(23)21-20-15(22)12-7-11(18)3-4-13(12)24-2/h3-8H,1-2H3,(H,20,22)(H,21,23). The maximum atomic E-state index is 12.4.